The van der Waals surface area contributed by atoms with Crippen LogP contribution >= 0.6 is 0 Å². The second-order valence-corrected chi connectivity index (χ2v) is 6.45. The molecular formula is C24H40N2O2. The maximum absolute atomic E-state index is 7.00. The Morgan fingerprint density at radius 1 is 0.357 bits per heavy atom. The van der Waals surface area contributed by atoms with Crippen molar-refractivity contribution in [1.82, 2.24) is 0 Å². The fourth-order valence-electron chi connectivity index (χ4n) is 3.09. The first-order valence-electron chi connectivity index (χ1n) is 9.23. The lowest BCUT2D eigenvalue weighted by Crippen LogP contribution is -2.48. The van der Waals surface area contributed by atoms with Gasteiger partial charge in [-0.1, -0.05) is 52.6 Å². The molecule has 4 heteroatoms. The van der Waals surface area contributed by atoms with E-state index in [2.05, 4.69) is 52.6 Å². The van der Waals surface area contributed by atoms with Gasteiger partial charge >= 0.3 is 0 Å². The van der Waals surface area contributed by atoms with Gasteiger partial charge in [-0.05, 0) is 48.6 Å². The molecule has 158 valence electrons. The first-order chi connectivity index (χ1) is 13.5. The van der Waals surface area contributed by atoms with Gasteiger partial charge in [0.2, 0.25) is 0 Å². The van der Waals surface area contributed by atoms with Gasteiger partial charge in [-0.3, -0.25) is 0 Å². The molecule has 0 radical (unpaired) electrons. The first-order valence-corrected chi connectivity index (χ1v) is 9.23. The molecule has 0 aromatic rings. The fourth-order valence-corrected chi connectivity index (χ4v) is 3.09. The minimum atomic E-state index is 0.903. The number of rotatable bonds is 16. The molecule has 0 rings (SSSR count). The Morgan fingerprint density at radius 2 is 0.464 bits per heavy atom. The lowest BCUT2D eigenvalue weighted by molar-refractivity contribution is -1.000. The highest BCUT2D eigenvalue weighted by molar-refractivity contribution is 4.80. The van der Waals surface area contributed by atoms with Crippen LogP contribution in [0.15, 0.2) is 101 Å². The Hall–Kier alpha value is -2.24. The Balaban J connectivity index is -0.000000410. The van der Waals surface area contributed by atoms with Gasteiger partial charge in [-0.15, -0.1) is 0 Å². The Kier molecular flexibility index (Phi) is 22.9. The predicted molar refractivity (Wildman–Crippen MR) is 121 cm³/mol. The Morgan fingerprint density at radius 3 is 0.536 bits per heavy atom. The molecule has 4 nitrogen and oxygen atoms in total. The van der Waals surface area contributed by atoms with Crippen LogP contribution in [0.25, 0.3) is 0 Å². The third-order valence-corrected chi connectivity index (χ3v) is 4.13. The molecular weight excluding hydrogens is 348 g/mol. The molecule has 0 aliphatic carbocycles. The van der Waals surface area contributed by atoms with Crippen molar-refractivity contribution in [1.29, 1.82) is 0 Å². The van der Waals surface area contributed by atoms with Crippen molar-refractivity contribution in [3.63, 3.8) is 0 Å². The van der Waals surface area contributed by atoms with Crippen molar-refractivity contribution in [2.75, 3.05) is 52.4 Å². The SMILES string of the molecule is C=CC[N+](CC=C)(CC=C)CC=C.C=CC[N+](CC=C)(CC=C)CC=C.[O-][O-]. The Bertz CT molecular complexity index is 346. The lowest BCUT2D eigenvalue weighted by Gasteiger charge is -2.35. The molecule has 0 amide bonds. The van der Waals surface area contributed by atoms with Crippen LogP contribution in [0.2, 0.25) is 0 Å². The van der Waals surface area contributed by atoms with Crippen LogP contribution < -0.4 is 10.5 Å². The van der Waals surface area contributed by atoms with Crippen LogP contribution in [0, 0.1) is 0 Å². The maximum atomic E-state index is 7.00. The topological polar surface area (TPSA) is 46.1 Å². The van der Waals surface area contributed by atoms with Gasteiger partial charge < -0.3 is 19.5 Å². The van der Waals surface area contributed by atoms with Gasteiger partial charge in [0.15, 0.2) is 0 Å². The smallest absolute Gasteiger partial charge is 0.0978 e. The molecule has 0 aliphatic heterocycles. The standard InChI is InChI=1S/2C12H20N.O2/c2*1-5-9-13(10-6-2,11-7-3)12-8-4;1-2/h2*5-8H,1-4,9-12H2;/q2*+1;-2. The average Bonchev–Trinajstić information content (AvgIpc) is 2.66. The number of hydrogen-bond donors (Lipinski definition) is 0. The van der Waals surface area contributed by atoms with Gasteiger partial charge in [0.05, 0.1) is 52.4 Å². The summed E-state index contributed by atoms with van der Waals surface area (Å²) < 4.78 is 1.81. The van der Waals surface area contributed by atoms with Crippen molar-refractivity contribution >= 4 is 0 Å². The largest absolute Gasteiger partial charge is 1.00 e. The summed E-state index contributed by atoms with van der Waals surface area (Å²) in [5, 5.41) is 14.0. The van der Waals surface area contributed by atoms with Crippen LogP contribution in [0.4, 0.5) is 0 Å². The molecule has 0 unspecified atom stereocenters. The molecule has 0 aromatic carbocycles. The summed E-state index contributed by atoms with van der Waals surface area (Å²) >= 11 is 0. The number of nitrogens with zero attached hydrogens (tertiary/aromatic N) is 2. The second-order valence-electron chi connectivity index (χ2n) is 6.45. The molecule has 0 saturated heterocycles. The molecule has 0 heterocycles. The summed E-state index contributed by atoms with van der Waals surface area (Å²) in [6, 6.07) is 0. The molecule has 0 saturated carbocycles. The van der Waals surface area contributed by atoms with E-state index in [0.717, 1.165) is 61.3 Å². The summed E-state index contributed by atoms with van der Waals surface area (Å²) in [5.74, 6) is 0. The zero-order chi connectivity index (χ0) is 22.3. The minimum Gasteiger partial charge on any atom is -1.00 e. The zero-order valence-corrected chi connectivity index (χ0v) is 17.6. The molecule has 28 heavy (non-hydrogen) atoms. The van der Waals surface area contributed by atoms with Crippen LogP contribution in [0.5, 0.6) is 0 Å². The monoisotopic (exact) mass is 388 g/mol. The van der Waals surface area contributed by atoms with E-state index in [9.17, 15) is 0 Å². The average molecular weight is 389 g/mol. The van der Waals surface area contributed by atoms with Gasteiger partial charge in [0.25, 0.3) is 0 Å². The predicted octanol–water partition coefficient (Wildman–Crippen LogP) is 2.72. The quantitative estimate of drug-likeness (QED) is 0.177. The summed E-state index contributed by atoms with van der Waals surface area (Å²) in [6.45, 7) is 37.7. The number of quaternary nitrogens is 2. The molecule has 0 bridgehead atoms. The molecule has 0 N–H and O–H groups in total. The molecule has 0 aliphatic rings. The van der Waals surface area contributed by atoms with Crippen LogP contribution in [-0.2, 0) is 0 Å². The van der Waals surface area contributed by atoms with Gasteiger partial charge in [-0.2, -0.15) is 0 Å². The third kappa shape index (κ3) is 13.9. The van der Waals surface area contributed by atoms with Crippen LogP contribution in [0.3, 0.4) is 0 Å². The van der Waals surface area contributed by atoms with Crippen molar-refractivity contribution in [3.05, 3.63) is 101 Å². The first kappa shape index (κ1) is 30.5. The van der Waals surface area contributed by atoms with E-state index >= 15 is 0 Å². The van der Waals surface area contributed by atoms with E-state index in [0.29, 0.717) is 0 Å². The second kappa shape index (κ2) is 21.1. The van der Waals surface area contributed by atoms with Gasteiger partial charge in [0.1, 0.15) is 0 Å². The molecule has 0 spiro atoms. The van der Waals surface area contributed by atoms with Gasteiger partial charge in [-0.25, -0.2) is 0 Å². The lowest BCUT2D eigenvalue weighted by atomic mass is 10.3. The Labute approximate surface area is 173 Å². The summed E-state index contributed by atoms with van der Waals surface area (Å²) in [6.07, 6.45) is 15.5. The van der Waals surface area contributed by atoms with Crippen molar-refractivity contribution < 1.29 is 19.5 Å². The van der Waals surface area contributed by atoms with Crippen molar-refractivity contribution in [2.24, 2.45) is 0 Å². The normalized spacial score (nSPS) is 9.93. The zero-order valence-electron chi connectivity index (χ0n) is 17.6. The van der Waals surface area contributed by atoms with E-state index in [1.807, 2.05) is 48.6 Å². The van der Waals surface area contributed by atoms with E-state index < -0.39 is 0 Å². The highest BCUT2D eigenvalue weighted by atomic mass is 17.0. The summed E-state index contributed by atoms with van der Waals surface area (Å²) in [5.41, 5.74) is 0. The molecule has 0 aromatic heterocycles. The fraction of sp³-hybridized carbons (Fsp3) is 0.333. The highest BCUT2D eigenvalue weighted by Crippen LogP contribution is 2.08. The number of hydrogen-bond acceptors (Lipinski definition) is 2. The van der Waals surface area contributed by atoms with Crippen molar-refractivity contribution in [2.45, 2.75) is 0 Å². The maximum Gasteiger partial charge on any atom is 0.0978 e. The van der Waals surface area contributed by atoms with E-state index in [1.165, 1.54) is 0 Å². The molecule has 0 atom stereocenters. The van der Waals surface area contributed by atoms with Gasteiger partial charge in [0, 0.05) is 0 Å². The van der Waals surface area contributed by atoms with Crippen LogP contribution in [0.1, 0.15) is 0 Å². The minimum absolute atomic E-state index is 0.903. The van der Waals surface area contributed by atoms with E-state index in [-0.39, 0.29) is 0 Å². The third-order valence-electron chi connectivity index (χ3n) is 4.13. The summed E-state index contributed by atoms with van der Waals surface area (Å²) in [4.78, 5) is 0. The van der Waals surface area contributed by atoms with E-state index in [4.69, 9.17) is 10.5 Å². The molecule has 0 fully saturated rings. The van der Waals surface area contributed by atoms with Crippen molar-refractivity contribution in [3.8, 4) is 0 Å². The highest BCUT2D eigenvalue weighted by Gasteiger charge is 2.21. The van der Waals surface area contributed by atoms with E-state index in [1.54, 1.807) is 0 Å². The summed E-state index contributed by atoms with van der Waals surface area (Å²) in [7, 11) is 0. The van der Waals surface area contributed by atoms with Crippen LogP contribution in [-0.4, -0.2) is 61.3 Å².